The summed E-state index contributed by atoms with van der Waals surface area (Å²) in [6, 6.07) is 4.08. The van der Waals surface area contributed by atoms with Crippen molar-refractivity contribution in [1.82, 2.24) is 19.5 Å². The average Bonchev–Trinajstić information content (AvgIpc) is 3.41. The summed E-state index contributed by atoms with van der Waals surface area (Å²) >= 11 is 1.68. The zero-order chi connectivity index (χ0) is 18.5. The number of nitrogens with one attached hydrogen (secondary N) is 1. The van der Waals surface area contributed by atoms with Crippen LogP contribution in [0.15, 0.2) is 23.8 Å². The van der Waals surface area contributed by atoms with E-state index in [0.29, 0.717) is 29.5 Å². The van der Waals surface area contributed by atoms with Crippen LogP contribution in [0.3, 0.4) is 0 Å². The molecule has 5 N–H and O–H groups in total. The van der Waals surface area contributed by atoms with Gasteiger partial charge in [-0.25, -0.2) is 15.0 Å². The van der Waals surface area contributed by atoms with Gasteiger partial charge in [-0.3, -0.25) is 4.57 Å². The Morgan fingerprint density at radius 3 is 2.92 bits per heavy atom. The number of nitrogens with zero attached hydrogens (tertiary/aromatic N) is 4. The number of nitrogen functional groups attached to an aromatic ring is 1. The van der Waals surface area contributed by atoms with Gasteiger partial charge in [0.25, 0.3) is 0 Å². The molecule has 26 heavy (non-hydrogen) atoms. The predicted molar refractivity (Wildman–Crippen MR) is 99.8 cm³/mol. The molecule has 0 radical (unpaired) electrons. The molecule has 0 saturated carbocycles. The molecule has 3 aromatic rings. The maximum Gasteiger partial charge on any atom is 0.207 e. The third-order valence-electron chi connectivity index (χ3n) is 4.08. The average molecular weight is 378 g/mol. The number of thiophene rings is 1. The highest BCUT2D eigenvalue weighted by atomic mass is 32.1. The second-order valence-electron chi connectivity index (χ2n) is 5.64. The number of ether oxygens (including phenoxy) is 1. The second-order valence-corrected chi connectivity index (χ2v) is 6.67. The van der Waals surface area contributed by atoms with Crippen molar-refractivity contribution < 1.29 is 14.9 Å². The molecule has 10 heteroatoms. The van der Waals surface area contributed by atoms with Crippen molar-refractivity contribution in [3.63, 3.8) is 0 Å². The van der Waals surface area contributed by atoms with Crippen LogP contribution in [0.5, 0.6) is 0 Å². The lowest BCUT2D eigenvalue weighted by Crippen LogP contribution is -2.16. The molecule has 0 amide bonds. The fourth-order valence-corrected chi connectivity index (χ4v) is 3.56. The number of anilines is 2. The number of fused-ring (bicyclic) bond motifs is 1. The number of rotatable bonds is 5. The first kappa shape index (κ1) is 18.5. The van der Waals surface area contributed by atoms with E-state index in [1.165, 1.54) is 11.2 Å². The van der Waals surface area contributed by atoms with Crippen molar-refractivity contribution >= 4 is 34.3 Å². The highest BCUT2D eigenvalue weighted by Crippen LogP contribution is 2.34. The first-order valence-electron chi connectivity index (χ1n) is 8.22. The summed E-state index contributed by atoms with van der Waals surface area (Å²) in [4.78, 5) is 14.1. The van der Waals surface area contributed by atoms with E-state index < -0.39 is 0 Å². The van der Waals surface area contributed by atoms with Gasteiger partial charge in [-0.1, -0.05) is 6.07 Å². The summed E-state index contributed by atoms with van der Waals surface area (Å²) in [6.07, 6.45) is 2.63. The van der Waals surface area contributed by atoms with Crippen LogP contribution < -0.4 is 11.1 Å². The molecule has 1 fully saturated rings. The van der Waals surface area contributed by atoms with Crippen LogP contribution in [0.4, 0.5) is 11.8 Å². The van der Waals surface area contributed by atoms with E-state index in [0.717, 1.165) is 20.0 Å². The fourth-order valence-electron chi connectivity index (χ4n) is 2.91. The number of aromatic nitrogens is 4. The van der Waals surface area contributed by atoms with Gasteiger partial charge in [0.2, 0.25) is 5.95 Å². The van der Waals surface area contributed by atoms with Crippen LogP contribution in [0.25, 0.3) is 11.2 Å². The SMILES string of the molecule is CO.Nc1ncnc2c1nc(NCc1cccs1)n2C1CCC(CO)O1. The van der Waals surface area contributed by atoms with E-state index in [4.69, 9.17) is 15.6 Å². The van der Waals surface area contributed by atoms with Crippen LogP contribution in [0.2, 0.25) is 0 Å². The minimum atomic E-state index is -0.229. The molecule has 2 atom stereocenters. The molecule has 9 nitrogen and oxygen atoms in total. The summed E-state index contributed by atoms with van der Waals surface area (Å²) in [7, 11) is 1.00. The summed E-state index contributed by atoms with van der Waals surface area (Å²) in [5, 5.41) is 21.7. The maximum absolute atomic E-state index is 9.33. The molecule has 2 unspecified atom stereocenters. The van der Waals surface area contributed by atoms with Gasteiger partial charge in [-0.05, 0) is 24.3 Å². The molecule has 0 aromatic carbocycles. The van der Waals surface area contributed by atoms with Gasteiger partial charge in [0, 0.05) is 12.0 Å². The van der Waals surface area contributed by atoms with E-state index in [1.54, 1.807) is 11.3 Å². The fraction of sp³-hybridized carbons (Fsp3) is 0.438. The predicted octanol–water partition coefficient (Wildman–Crippen LogP) is 1.36. The van der Waals surface area contributed by atoms with Crippen molar-refractivity contribution in [3.05, 3.63) is 28.7 Å². The lowest BCUT2D eigenvalue weighted by atomic mass is 10.2. The Hall–Kier alpha value is -2.27. The minimum absolute atomic E-state index is 0.0121. The zero-order valence-electron chi connectivity index (χ0n) is 14.4. The molecule has 3 aromatic heterocycles. The van der Waals surface area contributed by atoms with Crippen LogP contribution in [0, 0.1) is 0 Å². The van der Waals surface area contributed by atoms with Crippen LogP contribution in [0.1, 0.15) is 23.9 Å². The van der Waals surface area contributed by atoms with Crippen molar-refractivity contribution in [2.24, 2.45) is 0 Å². The van der Waals surface area contributed by atoms with Crippen LogP contribution >= 0.6 is 11.3 Å². The van der Waals surface area contributed by atoms with Crippen molar-refractivity contribution in [3.8, 4) is 0 Å². The highest BCUT2D eigenvalue weighted by Gasteiger charge is 2.30. The van der Waals surface area contributed by atoms with Gasteiger partial charge in [0.1, 0.15) is 12.6 Å². The topological polar surface area (TPSA) is 131 Å². The zero-order valence-corrected chi connectivity index (χ0v) is 15.2. The molecule has 0 bridgehead atoms. The number of hydrogen-bond donors (Lipinski definition) is 4. The molecule has 4 rings (SSSR count). The maximum atomic E-state index is 9.33. The molecule has 1 aliphatic heterocycles. The first-order chi connectivity index (χ1) is 12.8. The lowest BCUT2D eigenvalue weighted by molar-refractivity contribution is -0.0197. The molecule has 1 aliphatic rings. The summed E-state index contributed by atoms with van der Waals surface area (Å²) in [5.74, 6) is 0.990. The quantitative estimate of drug-likeness (QED) is 0.523. The van der Waals surface area contributed by atoms with E-state index >= 15 is 0 Å². The molecule has 0 aliphatic carbocycles. The summed E-state index contributed by atoms with van der Waals surface area (Å²) in [6.45, 7) is 0.669. The van der Waals surface area contributed by atoms with Crippen LogP contribution in [-0.4, -0.2) is 49.6 Å². The number of hydrogen-bond acceptors (Lipinski definition) is 9. The third kappa shape index (κ3) is 3.63. The van der Waals surface area contributed by atoms with Crippen LogP contribution in [-0.2, 0) is 11.3 Å². The normalized spacial score (nSPS) is 19.3. The Labute approximate surface area is 154 Å². The van der Waals surface area contributed by atoms with Crippen molar-refractivity contribution in [2.75, 3.05) is 24.8 Å². The standard InChI is InChI=1S/C15H18N6O2S.CH4O/c16-13-12-14(19-8-18-13)21(11-4-3-9(7-22)23-11)15(20-12)17-6-10-2-1-5-24-10;1-2/h1-2,5,8-9,11,22H,3-4,6-7H2,(H,17,20)(H2,16,18,19);2H,1H3. The van der Waals surface area contributed by atoms with Gasteiger partial charge in [-0.2, -0.15) is 0 Å². The molecule has 140 valence electrons. The number of imidazole rings is 1. The monoisotopic (exact) mass is 378 g/mol. The molecule has 1 saturated heterocycles. The molecule has 4 heterocycles. The molecular formula is C16H22N6O3S. The first-order valence-corrected chi connectivity index (χ1v) is 9.10. The molecule has 0 spiro atoms. The van der Waals surface area contributed by atoms with E-state index in [-0.39, 0.29) is 18.9 Å². The number of aliphatic hydroxyl groups is 2. The highest BCUT2D eigenvalue weighted by molar-refractivity contribution is 7.09. The van der Waals surface area contributed by atoms with Gasteiger partial charge in [0.05, 0.1) is 19.3 Å². The second kappa shape index (κ2) is 8.41. The molecular weight excluding hydrogens is 356 g/mol. The third-order valence-corrected chi connectivity index (χ3v) is 4.96. The van der Waals surface area contributed by atoms with E-state index in [1.807, 2.05) is 16.0 Å². The number of nitrogens with two attached hydrogens (primary N) is 1. The largest absolute Gasteiger partial charge is 0.400 e. The Kier molecular flexibility index (Phi) is 5.99. The Bertz CT molecular complexity index is 838. The Morgan fingerprint density at radius 1 is 1.38 bits per heavy atom. The van der Waals surface area contributed by atoms with Crippen molar-refractivity contribution in [2.45, 2.75) is 31.7 Å². The Balaban J connectivity index is 0.000000948. The van der Waals surface area contributed by atoms with Crippen molar-refractivity contribution in [1.29, 1.82) is 0 Å². The minimum Gasteiger partial charge on any atom is -0.400 e. The van der Waals surface area contributed by atoms with E-state index in [2.05, 4.69) is 26.3 Å². The van der Waals surface area contributed by atoms with Gasteiger partial charge in [-0.15, -0.1) is 11.3 Å². The smallest absolute Gasteiger partial charge is 0.207 e. The van der Waals surface area contributed by atoms with Gasteiger partial charge >= 0.3 is 0 Å². The van der Waals surface area contributed by atoms with Gasteiger partial charge < -0.3 is 26.0 Å². The van der Waals surface area contributed by atoms with Gasteiger partial charge in [0.15, 0.2) is 17.0 Å². The number of aliphatic hydroxyl groups excluding tert-OH is 2. The van der Waals surface area contributed by atoms with E-state index in [9.17, 15) is 5.11 Å². The summed E-state index contributed by atoms with van der Waals surface area (Å²) in [5.41, 5.74) is 7.14. The lowest BCUT2D eigenvalue weighted by Gasteiger charge is -2.17. The Morgan fingerprint density at radius 2 is 2.23 bits per heavy atom. The summed E-state index contributed by atoms with van der Waals surface area (Å²) < 4.78 is 7.83.